The van der Waals surface area contributed by atoms with E-state index in [-0.39, 0.29) is 30.5 Å². The lowest BCUT2D eigenvalue weighted by molar-refractivity contribution is -0.123. The maximum Gasteiger partial charge on any atom is 0.254 e. The van der Waals surface area contributed by atoms with Gasteiger partial charge in [-0.25, -0.2) is 0 Å². The molecule has 2 amide bonds. The summed E-state index contributed by atoms with van der Waals surface area (Å²) in [6.07, 6.45) is 0. The zero-order chi connectivity index (χ0) is 22.3. The third kappa shape index (κ3) is 6.66. The Morgan fingerprint density at radius 3 is 2.40 bits per heavy atom. The van der Waals surface area contributed by atoms with Crippen LogP contribution in [-0.4, -0.2) is 42.5 Å². The van der Waals surface area contributed by atoms with Gasteiger partial charge in [-0.3, -0.25) is 9.59 Å². The highest BCUT2D eigenvalue weighted by atomic mass is 35.5. The molecule has 0 saturated heterocycles. The predicted molar refractivity (Wildman–Crippen MR) is 118 cm³/mol. The number of benzene rings is 2. The Labute approximate surface area is 183 Å². The van der Waals surface area contributed by atoms with Crippen LogP contribution in [0.1, 0.15) is 43.6 Å². The molecule has 6 nitrogen and oxygen atoms in total. The molecule has 0 aliphatic rings. The van der Waals surface area contributed by atoms with Gasteiger partial charge in [0.25, 0.3) is 5.91 Å². The molecule has 0 unspecified atom stereocenters. The van der Waals surface area contributed by atoms with Crippen LogP contribution in [0.2, 0.25) is 5.02 Å². The molecule has 0 aromatic heterocycles. The van der Waals surface area contributed by atoms with Gasteiger partial charge in [0.15, 0.2) is 11.5 Å². The number of amides is 2. The van der Waals surface area contributed by atoms with Gasteiger partial charge >= 0.3 is 0 Å². The number of hydrogen-bond donors (Lipinski definition) is 1. The number of ether oxygens (including phenoxy) is 2. The fourth-order valence-corrected chi connectivity index (χ4v) is 3.02. The summed E-state index contributed by atoms with van der Waals surface area (Å²) < 4.78 is 11.2. The van der Waals surface area contributed by atoms with Crippen molar-refractivity contribution in [1.82, 2.24) is 10.2 Å². The monoisotopic (exact) mass is 432 g/mol. The Morgan fingerprint density at radius 1 is 1.10 bits per heavy atom. The van der Waals surface area contributed by atoms with Crippen LogP contribution in [-0.2, 0) is 11.4 Å². The van der Waals surface area contributed by atoms with Gasteiger partial charge in [-0.2, -0.15) is 0 Å². The van der Waals surface area contributed by atoms with Crippen molar-refractivity contribution in [3.05, 3.63) is 58.6 Å². The summed E-state index contributed by atoms with van der Waals surface area (Å²) in [5.74, 6) is 0.479. The van der Waals surface area contributed by atoms with Crippen molar-refractivity contribution in [3.63, 3.8) is 0 Å². The van der Waals surface area contributed by atoms with Crippen LogP contribution in [0.15, 0.2) is 42.5 Å². The zero-order valence-corrected chi connectivity index (χ0v) is 18.9. The third-order valence-electron chi connectivity index (χ3n) is 4.27. The van der Waals surface area contributed by atoms with Crippen molar-refractivity contribution in [2.75, 3.05) is 20.2 Å². The lowest BCUT2D eigenvalue weighted by atomic mass is 10.1. The number of rotatable bonds is 8. The number of hydrogen-bond acceptors (Lipinski definition) is 4. The molecule has 0 heterocycles. The van der Waals surface area contributed by atoms with Gasteiger partial charge in [-0.15, -0.1) is 0 Å². The van der Waals surface area contributed by atoms with Crippen molar-refractivity contribution in [2.45, 2.75) is 39.8 Å². The van der Waals surface area contributed by atoms with Crippen molar-refractivity contribution < 1.29 is 19.1 Å². The quantitative estimate of drug-likeness (QED) is 0.675. The summed E-state index contributed by atoms with van der Waals surface area (Å²) in [6, 6.07) is 12.4. The highest BCUT2D eigenvalue weighted by Gasteiger charge is 2.21. The molecule has 0 spiro atoms. The van der Waals surface area contributed by atoms with Crippen LogP contribution in [0.25, 0.3) is 0 Å². The van der Waals surface area contributed by atoms with Crippen LogP contribution in [0.4, 0.5) is 0 Å². The van der Waals surface area contributed by atoms with E-state index in [1.807, 2.05) is 45.9 Å². The van der Waals surface area contributed by atoms with Gasteiger partial charge in [0.1, 0.15) is 6.61 Å². The van der Waals surface area contributed by atoms with E-state index in [2.05, 4.69) is 5.32 Å². The normalized spacial score (nSPS) is 11.0. The Morgan fingerprint density at radius 2 is 1.80 bits per heavy atom. The lowest BCUT2D eigenvalue weighted by Crippen LogP contribution is -2.47. The van der Waals surface area contributed by atoms with E-state index in [1.54, 1.807) is 24.3 Å². The van der Waals surface area contributed by atoms with E-state index in [4.69, 9.17) is 21.1 Å². The first-order valence-electron chi connectivity index (χ1n) is 9.79. The SMILES string of the molecule is CCN(CC(=O)NC(C)(C)C)C(=O)c1ccc(OCc2ccccc2Cl)c(OC)c1. The molecule has 0 aliphatic carbocycles. The number of carbonyl (C=O) groups excluding carboxylic acids is 2. The molecule has 0 saturated carbocycles. The average molecular weight is 433 g/mol. The first-order valence-corrected chi connectivity index (χ1v) is 10.2. The minimum absolute atomic E-state index is 0.0142. The molecule has 0 aliphatic heterocycles. The van der Waals surface area contributed by atoms with E-state index in [0.717, 1.165) is 5.56 Å². The lowest BCUT2D eigenvalue weighted by Gasteiger charge is -2.25. The van der Waals surface area contributed by atoms with Crippen molar-refractivity contribution >= 4 is 23.4 Å². The first-order chi connectivity index (χ1) is 14.1. The maximum atomic E-state index is 12.9. The summed E-state index contributed by atoms with van der Waals surface area (Å²) in [4.78, 5) is 26.6. The van der Waals surface area contributed by atoms with E-state index in [1.165, 1.54) is 12.0 Å². The standard InChI is InChI=1S/C23H29ClN2O4/c1-6-26(14-21(27)25-23(2,3)4)22(28)16-11-12-19(20(13-16)29-5)30-15-17-9-7-8-10-18(17)24/h7-13H,6,14-15H2,1-5H3,(H,25,27). The molecule has 7 heteroatoms. The average Bonchev–Trinajstić information content (AvgIpc) is 2.69. The Kier molecular flexibility index (Phi) is 8.12. The fourth-order valence-electron chi connectivity index (χ4n) is 2.83. The largest absolute Gasteiger partial charge is 0.493 e. The highest BCUT2D eigenvalue weighted by Crippen LogP contribution is 2.30. The first kappa shape index (κ1) is 23.5. The number of methoxy groups -OCH3 is 1. The molecule has 0 bridgehead atoms. The van der Waals surface area contributed by atoms with Crippen molar-refractivity contribution in [2.24, 2.45) is 0 Å². The smallest absolute Gasteiger partial charge is 0.254 e. The van der Waals surface area contributed by atoms with Crippen LogP contribution < -0.4 is 14.8 Å². The maximum absolute atomic E-state index is 12.9. The molecule has 0 radical (unpaired) electrons. The molecule has 2 rings (SSSR count). The number of halogens is 1. The van der Waals surface area contributed by atoms with Crippen LogP contribution >= 0.6 is 11.6 Å². The molecule has 1 N–H and O–H groups in total. The zero-order valence-electron chi connectivity index (χ0n) is 18.1. The van der Waals surface area contributed by atoms with Crippen LogP contribution in [0, 0.1) is 0 Å². The van der Waals surface area contributed by atoms with Gasteiger partial charge in [-0.1, -0.05) is 29.8 Å². The van der Waals surface area contributed by atoms with Crippen molar-refractivity contribution in [1.29, 1.82) is 0 Å². The van der Waals surface area contributed by atoms with E-state index < -0.39 is 0 Å². The minimum atomic E-state index is -0.358. The molecule has 162 valence electrons. The van der Waals surface area contributed by atoms with Gasteiger partial charge < -0.3 is 19.7 Å². The molecular formula is C23H29ClN2O4. The van der Waals surface area contributed by atoms with Gasteiger partial charge in [0.05, 0.1) is 13.7 Å². The predicted octanol–water partition coefficient (Wildman–Crippen LogP) is 4.30. The second kappa shape index (κ2) is 10.3. The molecule has 30 heavy (non-hydrogen) atoms. The number of nitrogens with one attached hydrogen (secondary N) is 1. The van der Waals surface area contributed by atoms with E-state index in [0.29, 0.717) is 28.6 Å². The number of nitrogens with zero attached hydrogens (tertiary/aromatic N) is 1. The van der Waals surface area contributed by atoms with E-state index >= 15 is 0 Å². The number of carbonyl (C=O) groups is 2. The van der Waals surface area contributed by atoms with Crippen molar-refractivity contribution in [3.8, 4) is 11.5 Å². The second-order valence-electron chi connectivity index (χ2n) is 7.86. The molecular weight excluding hydrogens is 404 g/mol. The van der Waals surface area contributed by atoms with Gasteiger partial charge in [-0.05, 0) is 52.0 Å². The van der Waals surface area contributed by atoms with Crippen LogP contribution in [0.3, 0.4) is 0 Å². The molecule has 2 aromatic carbocycles. The Hall–Kier alpha value is -2.73. The summed E-state index contributed by atoms with van der Waals surface area (Å²) in [5.41, 5.74) is 0.911. The fraction of sp³-hybridized carbons (Fsp3) is 0.391. The molecule has 0 fully saturated rings. The highest BCUT2D eigenvalue weighted by molar-refractivity contribution is 6.31. The molecule has 2 aromatic rings. The molecule has 0 atom stereocenters. The van der Waals surface area contributed by atoms with Gasteiger partial charge in [0, 0.05) is 28.2 Å². The van der Waals surface area contributed by atoms with Gasteiger partial charge in [0.2, 0.25) is 5.91 Å². The minimum Gasteiger partial charge on any atom is -0.493 e. The number of likely N-dealkylation sites (N-methyl/N-ethyl adjacent to an activating group) is 1. The summed E-state index contributed by atoms with van der Waals surface area (Å²) in [5, 5.41) is 3.49. The summed E-state index contributed by atoms with van der Waals surface area (Å²) in [6.45, 7) is 8.20. The third-order valence-corrected chi connectivity index (χ3v) is 4.64. The topological polar surface area (TPSA) is 67.9 Å². The Bertz CT molecular complexity index is 893. The van der Waals surface area contributed by atoms with Crippen LogP contribution in [0.5, 0.6) is 11.5 Å². The van der Waals surface area contributed by atoms with E-state index in [9.17, 15) is 9.59 Å². The Balaban J connectivity index is 2.12. The summed E-state index contributed by atoms with van der Waals surface area (Å²) in [7, 11) is 1.51. The summed E-state index contributed by atoms with van der Waals surface area (Å²) >= 11 is 6.17. The second-order valence-corrected chi connectivity index (χ2v) is 8.27.